The zero-order chi connectivity index (χ0) is 18.8. The van der Waals surface area contributed by atoms with Crippen molar-refractivity contribution >= 4 is 17.8 Å². The number of nitrogens with one attached hydrogen (secondary N) is 3. The van der Waals surface area contributed by atoms with Crippen molar-refractivity contribution in [2.75, 3.05) is 0 Å². The fourth-order valence-electron chi connectivity index (χ4n) is 2.13. The number of hydrazine groups is 1. The SMILES string of the molecule is CC(=O)C(NNC(=O)OCc1ccccc1)C(=O)NCc1ccccc1. The largest absolute Gasteiger partial charge is 0.444 e. The van der Waals surface area contributed by atoms with E-state index in [1.165, 1.54) is 6.92 Å². The fourth-order valence-corrected chi connectivity index (χ4v) is 2.13. The second-order valence-corrected chi connectivity index (χ2v) is 5.58. The van der Waals surface area contributed by atoms with E-state index in [-0.39, 0.29) is 13.2 Å². The van der Waals surface area contributed by atoms with Gasteiger partial charge in [0.15, 0.2) is 11.8 Å². The second kappa shape index (κ2) is 9.95. The van der Waals surface area contributed by atoms with Gasteiger partial charge in [-0.3, -0.25) is 15.0 Å². The van der Waals surface area contributed by atoms with Crippen molar-refractivity contribution in [2.45, 2.75) is 26.1 Å². The Labute approximate surface area is 151 Å². The van der Waals surface area contributed by atoms with Crippen molar-refractivity contribution in [1.82, 2.24) is 16.2 Å². The molecule has 2 rings (SSSR count). The Bertz CT molecular complexity index is 735. The van der Waals surface area contributed by atoms with E-state index in [1.807, 2.05) is 60.7 Å². The van der Waals surface area contributed by atoms with E-state index >= 15 is 0 Å². The Hall–Kier alpha value is -3.19. The molecule has 3 N–H and O–H groups in total. The molecule has 136 valence electrons. The minimum atomic E-state index is -1.21. The van der Waals surface area contributed by atoms with Crippen LogP contribution >= 0.6 is 0 Å². The summed E-state index contributed by atoms with van der Waals surface area (Å²) in [5.41, 5.74) is 6.35. The summed E-state index contributed by atoms with van der Waals surface area (Å²) in [4.78, 5) is 35.5. The third-order valence-electron chi connectivity index (χ3n) is 3.51. The molecule has 0 saturated carbocycles. The van der Waals surface area contributed by atoms with E-state index in [9.17, 15) is 14.4 Å². The molecular formula is C19H21N3O4. The molecular weight excluding hydrogens is 334 g/mol. The van der Waals surface area contributed by atoms with Crippen molar-refractivity contribution < 1.29 is 19.1 Å². The van der Waals surface area contributed by atoms with E-state index in [0.717, 1.165) is 11.1 Å². The molecule has 26 heavy (non-hydrogen) atoms. The van der Waals surface area contributed by atoms with Gasteiger partial charge in [0.1, 0.15) is 6.61 Å². The minimum absolute atomic E-state index is 0.0826. The minimum Gasteiger partial charge on any atom is -0.444 e. The van der Waals surface area contributed by atoms with Crippen LogP contribution in [0.2, 0.25) is 0 Å². The first kappa shape index (κ1) is 19.1. The molecule has 0 fully saturated rings. The second-order valence-electron chi connectivity index (χ2n) is 5.58. The Morgan fingerprint density at radius 1 is 0.923 bits per heavy atom. The molecule has 2 aromatic rings. The van der Waals surface area contributed by atoms with Crippen LogP contribution in [0.4, 0.5) is 4.79 Å². The van der Waals surface area contributed by atoms with Crippen LogP contribution < -0.4 is 16.2 Å². The zero-order valence-electron chi connectivity index (χ0n) is 14.4. The van der Waals surface area contributed by atoms with Crippen LogP contribution in [-0.4, -0.2) is 23.8 Å². The molecule has 0 bridgehead atoms. The van der Waals surface area contributed by atoms with Gasteiger partial charge in [0.2, 0.25) is 5.91 Å². The quantitative estimate of drug-likeness (QED) is 0.495. The lowest BCUT2D eigenvalue weighted by atomic mass is 10.2. The number of carbonyl (C=O) groups excluding carboxylic acids is 3. The van der Waals surface area contributed by atoms with Crippen LogP contribution in [0.3, 0.4) is 0 Å². The number of ketones is 1. The molecule has 1 unspecified atom stereocenters. The van der Waals surface area contributed by atoms with Gasteiger partial charge in [0.05, 0.1) is 0 Å². The van der Waals surface area contributed by atoms with Gasteiger partial charge in [-0.2, -0.15) is 0 Å². The highest BCUT2D eigenvalue weighted by atomic mass is 16.6. The summed E-state index contributed by atoms with van der Waals surface area (Å²) < 4.78 is 5.01. The highest BCUT2D eigenvalue weighted by Crippen LogP contribution is 2.00. The molecule has 0 aliphatic rings. The van der Waals surface area contributed by atoms with Crippen LogP contribution in [0.5, 0.6) is 0 Å². The maximum atomic E-state index is 12.2. The summed E-state index contributed by atoms with van der Waals surface area (Å²) in [6.45, 7) is 1.62. The Kier molecular flexibility index (Phi) is 7.32. The van der Waals surface area contributed by atoms with E-state index < -0.39 is 23.8 Å². The third-order valence-corrected chi connectivity index (χ3v) is 3.51. The van der Waals surface area contributed by atoms with Gasteiger partial charge in [-0.1, -0.05) is 60.7 Å². The van der Waals surface area contributed by atoms with Crippen molar-refractivity contribution in [3.05, 3.63) is 71.8 Å². The number of hydrogen-bond acceptors (Lipinski definition) is 5. The van der Waals surface area contributed by atoms with Crippen molar-refractivity contribution in [2.24, 2.45) is 0 Å². The zero-order valence-corrected chi connectivity index (χ0v) is 14.4. The van der Waals surface area contributed by atoms with Crippen LogP contribution in [-0.2, 0) is 27.5 Å². The van der Waals surface area contributed by atoms with Crippen LogP contribution in [0.1, 0.15) is 18.1 Å². The van der Waals surface area contributed by atoms with E-state index in [2.05, 4.69) is 16.2 Å². The summed E-state index contributed by atoms with van der Waals surface area (Å²) in [5, 5.41) is 2.65. The third kappa shape index (κ3) is 6.37. The molecule has 7 nitrogen and oxygen atoms in total. The van der Waals surface area contributed by atoms with E-state index in [4.69, 9.17) is 4.74 Å². The van der Waals surface area contributed by atoms with Crippen molar-refractivity contribution in [3.63, 3.8) is 0 Å². The predicted molar refractivity (Wildman–Crippen MR) is 95.7 cm³/mol. The smallest absolute Gasteiger partial charge is 0.421 e. The molecule has 0 aromatic heterocycles. The standard InChI is InChI=1S/C19H21N3O4/c1-14(23)17(18(24)20-12-15-8-4-2-5-9-15)21-22-19(25)26-13-16-10-6-3-7-11-16/h2-11,17,21H,12-13H2,1H3,(H,20,24)(H,22,25). The number of ether oxygens (including phenoxy) is 1. The lowest BCUT2D eigenvalue weighted by Gasteiger charge is -2.16. The van der Waals surface area contributed by atoms with E-state index in [0.29, 0.717) is 0 Å². The number of benzene rings is 2. The number of Topliss-reactive ketones (excluding diaryl/α,β-unsaturated/α-hetero) is 1. The van der Waals surface area contributed by atoms with Crippen LogP contribution in [0, 0.1) is 0 Å². The van der Waals surface area contributed by atoms with Crippen LogP contribution in [0.15, 0.2) is 60.7 Å². The van der Waals surface area contributed by atoms with Gasteiger partial charge in [-0.05, 0) is 18.1 Å². The number of amides is 2. The Morgan fingerprint density at radius 3 is 2.08 bits per heavy atom. The summed E-state index contributed by atoms with van der Waals surface area (Å²) in [7, 11) is 0. The van der Waals surface area contributed by atoms with Gasteiger partial charge < -0.3 is 10.1 Å². The van der Waals surface area contributed by atoms with E-state index in [1.54, 1.807) is 0 Å². The summed E-state index contributed by atoms with van der Waals surface area (Å²) in [5.74, 6) is -0.969. The average Bonchev–Trinajstić information content (AvgIpc) is 2.66. The highest BCUT2D eigenvalue weighted by Gasteiger charge is 2.23. The lowest BCUT2D eigenvalue weighted by molar-refractivity contribution is -0.130. The molecule has 2 aromatic carbocycles. The maximum Gasteiger partial charge on any atom is 0.421 e. The topological polar surface area (TPSA) is 96.5 Å². The van der Waals surface area contributed by atoms with Gasteiger partial charge >= 0.3 is 6.09 Å². The number of rotatable bonds is 8. The van der Waals surface area contributed by atoms with Crippen molar-refractivity contribution in [3.8, 4) is 0 Å². The fraction of sp³-hybridized carbons (Fsp3) is 0.211. The number of carbonyl (C=O) groups is 3. The Morgan fingerprint density at radius 2 is 1.50 bits per heavy atom. The maximum absolute atomic E-state index is 12.2. The molecule has 2 amide bonds. The molecule has 0 aliphatic heterocycles. The van der Waals surface area contributed by atoms with Gasteiger partial charge in [0, 0.05) is 6.54 Å². The summed E-state index contributed by atoms with van der Waals surface area (Å²) >= 11 is 0. The molecule has 0 heterocycles. The molecule has 0 radical (unpaired) electrons. The average molecular weight is 355 g/mol. The van der Waals surface area contributed by atoms with Crippen molar-refractivity contribution in [1.29, 1.82) is 0 Å². The molecule has 7 heteroatoms. The van der Waals surface area contributed by atoms with Gasteiger partial charge in [0.25, 0.3) is 0 Å². The summed E-state index contributed by atoms with van der Waals surface area (Å²) in [6, 6.07) is 17.2. The predicted octanol–water partition coefficient (Wildman–Crippen LogP) is 1.69. The molecule has 0 aliphatic carbocycles. The normalized spacial score (nSPS) is 11.3. The molecule has 0 spiro atoms. The Balaban J connectivity index is 1.78. The first-order valence-corrected chi connectivity index (χ1v) is 8.10. The lowest BCUT2D eigenvalue weighted by Crippen LogP contribution is -2.55. The monoisotopic (exact) mass is 355 g/mol. The highest BCUT2D eigenvalue weighted by molar-refractivity contribution is 6.04. The first-order valence-electron chi connectivity index (χ1n) is 8.10. The molecule has 0 saturated heterocycles. The first-order chi connectivity index (χ1) is 12.6. The number of hydrogen-bond donors (Lipinski definition) is 3. The van der Waals surface area contributed by atoms with Gasteiger partial charge in [-0.15, -0.1) is 0 Å². The van der Waals surface area contributed by atoms with Gasteiger partial charge in [-0.25, -0.2) is 10.2 Å². The van der Waals surface area contributed by atoms with Crippen LogP contribution in [0.25, 0.3) is 0 Å². The molecule has 1 atom stereocenters. The summed E-state index contributed by atoms with van der Waals surface area (Å²) in [6.07, 6.45) is -0.782.